The lowest BCUT2D eigenvalue weighted by atomic mass is 10.0. The van der Waals surface area contributed by atoms with Gasteiger partial charge in [-0.15, -0.1) is 0 Å². The fraction of sp³-hybridized carbons (Fsp3) is 0.810. The number of ketones is 1. The molecule has 0 radical (unpaired) electrons. The van der Waals surface area contributed by atoms with Crippen LogP contribution in [0.2, 0.25) is 0 Å². The Bertz CT molecular complexity index is 347. The van der Waals surface area contributed by atoms with E-state index in [2.05, 4.69) is 6.58 Å². The Kier molecular flexibility index (Phi) is 15.9. The number of aliphatic carboxylic acids is 1. The first-order chi connectivity index (χ1) is 11.5. The predicted octanol–water partition coefficient (Wildman–Crippen LogP) is 6.46. The van der Waals surface area contributed by atoms with E-state index in [1.165, 1.54) is 70.6 Å². The molecule has 0 spiro atoms. The van der Waals surface area contributed by atoms with Gasteiger partial charge in [0.2, 0.25) is 0 Å². The Morgan fingerprint density at radius 3 is 1.21 bits per heavy atom. The van der Waals surface area contributed by atoms with E-state index in [1.54, 1.807) is 6.92 Å². The lowest BCUT2D eigenvalue weighted by Crippen LogP contribution is -1.98. The molecule has 0 aliphatic heterocycles. The second-order valence-electron chi connectivity index (χ2n) is 7.06. The van der Waals surface area contributed by atoms with Crippen molar-refractivity contribution in [1.82, 2.24) is 0 Å². The molecular weight excluding hydrogens is 300 g/mol. The van der Waals surface area contributed by atoms with Crippen LogP contribution in [0, 0.1) is 0 Å². The molecule has 3 heteroatoms. The van der Waals surface area contributed by atoms with Crippen molar-refractivity contribution < 1.29 is 14.7 Å². The van der Waals surface area contributed by atoms with Crippen LogP contribution in [-0.2, 0) is 9.59 Å². The van der Waals surface area contributed by atoms with Crippen LogP contribution in [0.4, 0.5) is 0 Å². The molecule has 0 saturated carbocycles. The molecule has 0 aromatic heterocycles. The van der Waals surface area contributed by atoms with Crippen molar-refractivity contribution in [2.24, 2.45) is 0 Å². The van der Waals surface area contributed by atoms with Crippen LogP contribution < -0.4 is 0 Å². The minimum Gasteiger partial charge on any atom is -0.478 e. The van der Waals surface area contributed by atoms with Gasteiger partial charge in [-0.05, 0) is 26.2 Å². The SMILES string of the molecule is C=C(CCCCCCCCCCCCCCCCC(C)=O)C(=O)O. The molecule has 0 bridgehead atoms. The summed E-state index contributed by atoms with van der Waals surface area (Å²) in [5.74, 6) is -0.535. The Morgan fingerprint density at radius 1 is 0.625 bits per heavy atom. The molecule has 0 heterocycles. The van der Waals surface area contributed by atoms with Gasteiger partial charge < -0.3 is 9.90 Å². The molecule has 0 aliphatic rings. The number of carbonyl (C=O) groups excluding carboxylic acids is 1. The summed E-state index contributed by atoms with van der Waals surface area (Å²) in [5.41, 5.74) is 0.342. The van der Waals surface area contributed by atoms with Crippen LogP contribution >= 0.6 is 0 Å². The van der Waals surface area contributed by atoms with Gasteiger partial charge in [0.25, 0.3) is 0 Å². The average Bonchev–Trinajstić information content (AvgIpc) is 2.53. The number of unbranched alkanes of at least 4 members (excludes halogenated alkanes) is 13. The van der Waals surface area contributed by atoms with E-state index in [-0.39, 0.29) is 0 Å². The summed E-state index contributed by atoms with van der Waals surface area (Å²) in [7, 11) is 0. The van der Waals surface area contributed by atoms with Gasteiger partial charge in [0.15, 0.2) is 0 Å². The first-order valence-electron chi connectivity index (χ1n) is 9.94. The van der Waals surface area contributed by atoms with Crippen molar-refractivity contribution >= 4 is 11.8 Å². The summed E-state index contributed by atoms with van der Waals surface area (Å²) in [6.45, 7) is 5.23. The van der Waals surface area contributed by atoms with Gasteiger partial charge in [0.05, 0.1) is 0 Å². The number of hydrogen-bond donors (Lipinski definition) is 1. The van der Waals surface area contributed by atoms with E-state index < -0.39 is 5.97 Å². The van der Waals surface area contributed by atoms with Crippen LogP contribution in [0.5, 0.6) is 0 Å². The van der Waals surface area contributed by atoms with Gasteiger partial charge in [-0.25, -0.2) is 4.79 Å². The zero-order valence-electron chi connectivity index (χ0n) is 15.8. The largest absolute Gasteiger partial charge is 0.478 e. The molecule has 0 aromatic carbocycles. The lowest BCUT2D eigenvalue weighted by molar-refractivity contribution is -0.132. The summed E-state index contributed by atoms with van der Waals surface area (Å²) >= 11 is 0. The van der Waals surface area contributed by atoms with E-state index in [9.17, 15) is 9.59 Å². The molecule has 0 rings (SSSR count). The predicted molar refractivity (Wildman–Crippen MR) is 101 cm³/mol. The van der Waals surface area contributed by atoms with E-state index in [4.69, 9.17) is 5.11 Å². The van der Waals surface area contributed by atoms with Gasteiger partial charge in [-0.3, -0.25) is 0 Å². The van der Waals surface area contributed by atoms with Gasteiger partial charge in [0, 0.05) is 12.0 Å². The molecule has 24 heavy (non-hydrogen) atoms. The monoisotopic (exact) mass is 338 g/mol. The summed E-state index contributed by atoms with van der Waals surface area (Å²) < 4.78 is 0. The second-order valence-corrected chi connectivity index (χ2v) is 7.06. The van der Waals surface area contributed by atoms with Gasteiger partial charge >= 0.3 is 5.97 Å². The van der Waals surface area contributed by atoms with Crippen LogP contribution in [0.3, 0.4) is 0 Å². The zero-order valence-corrected chi connectivity index (χ0v) is 15.8. The number of rotatable bonds is 18. The minimum absolute atomic E-state index is 0.320. The molecule has 3 nitrogen and oxygen atoms in total. The van der Waals surface area contributed by atoms with Crippen LogP contribution in [0.1, 0.15) is 110 Å². The highest BCUT2D eigenvalue weighted by atomic mass is 16.4. The first kappa shape index (κ1) is 22.9. The Labute approximate surface area is 148 Å². The molecule has 140 valence electrons. The topological polar surface area (TPSA) is 54.4 Å². The van der Waals surface area contributed by atoms with Gasteiger partial charge in [-0.1, -0.05) is 83.6 Å². The molecule has 0 aromatic rings. The molecule has 1 N–H and O–H groups in total. The fourth-order valence-corrected chi connectivity index (χ4v) is 2.94. The lowest BCUT2D eigenvalue weighted by Gasteiger charge is -2.03. The van der Waals surface area contributed by atoms with E-state index in [0.29, 0.717) is 17.8 Å². The number of carboxylic acid groups (broad SMARTS) is 1. The molecule has 0 amide bonds. The third-order valence-corrected chi connectivity index (χ3v) is 4.56. The van der Waals surface area contributed by atoms with Gasteiger partial charge in [0.1, 0.15) is 5.78 Å². The van der Waals surface area contributed by atoms with Crippen molar-refractivity contribution in [3.05, 3.63) is 12.2 Å². The van der Waals surface area contributed by atoms with E-state index in [1.807, 2.05) is 0 Å². The Morgan fingerprint density at radius 2 is 0.917 bits per heavy atom. The maximum absolute atomic E-state index is 10.8. The number of carboxylic acids is 1. The highest BCUT2D eigenvalue weighted by Crippen LogP contribution is 2.14. The molecule has 0 aliphatic carbocycles. The molecule has 0 unspecified atom stereocenters. The maximum atomic E-state index is 10.8. The van der Waals surface area contributed by atoms with Crippen molar-refractivity contribution in [3.8, 4) is 0 Å². The van der Waals surface area contributed by atoms with Crippen molar-refractivity contribution in [2.45, 2.75) is 110 Å². The summed E-state index contributed by atoms with van der Waals surface area (Å²) in [6.07, 6.45) is 18.9. The fourth-order valence-electron chi connectivity index (χ4n) is 2.94. The molecule has 0 fully saturated rings. The number of carbonyl (C=O) groups is 2. The van der Waals surface area contributed by atoms with Gasteiger partial charge in [-0.2, -0.15) is 0 Å². The van der Waals surface area contributed by atoms with Crippen LogP contribution in [0.25, 0.3) is 0 Å². The Hall–Kier alpha value is -1.12. The normalized spacial score (nSPS) is 10.7. The maximum Gasteiger partial charge on any atom is 0.330 e. The number of Topliss-reactive ketones (excluding diaryl/α,β-unsaturated/α-hetero) is 1. The number of hydrogen-bond acceptors (Lipinski definition) is 2. The van der Waals surface area contributed by atoms with Crippen LogP contribution in [-0.4, -0.2) is 16.9 Å². The smallest absolute Gasteiger partial charge is 0.330 e. The second kappa shape index (κ2) is 16.7. The highest BCUT2D eigenvalue weighted by molar-refractivity contribution is 5.85. The molecule has 0 atom stereocenters. The van der Waals surface area contributed by atoms with Crippen molar-refractivity contribution in [3.63, 3.8) is 0 Å². The summed E-state index contributed by atoms with van der Waals surface area (Å²) in [6, 6.07) is 0. The first-order valence-corrected chi connectivity index (χ1v) is 9.94. The molecule has 0 saturated heterocycles. The van der Waals surface area contributed by atoms with E-state index >= 15 is 0 Å². The molecular formula is C21H38O3. The summed E-state index contributed by atoms with van der Waals surface area (Å²) in [5, 5.41) is 8.71. The zero-order chi connectivity index (χ0) is 18.0. The average molecular weight is 339 g/mol. The standard InChI is InChI=1S/C21H38O3/c1-19(21(23)24)17-15-13-11-9-7-5-3-4-6-8-10-12-14-16-18-20(2)22/h1,3-18H2,2H3,(H,23,24). The highest BCUT2D eigenvalue weighted by Gasteiger charge is 2.02. The minimum atomic E-state index is -0.855. The summed E-state index contributed by atoms with van der Waals surface area (Å²) in [4.78, 5) is 21.4. The van der Waals surface area contributed by atoms with Crippen LogP contribution in [0.15, 0.2) is 12.2 Å². The third-order valence-electron chi connectivity index (χ3n) is 4.56. The van der Waals surface area contributed by atoms with Crippen molar-refractivity contribution in [1.29, 1.82) is 0 Å². The van der Waals surface area contributed by atoms with E-state index in [0.717, 1.165) is 25.7 Å². The quantitative estimate of drug-likeness (QED) is 0.230. The van der Waals surface area contributed by atoms with Crippen molar-refractivity contribution in [2.75, 3.05) is 0 Å². The Balaban J connectivity index is 3.09. The third kappa shape index (κ3) is 17.2.